The number of carboxylic acids is 1. The molecular weight excluding hydrogens is 270 g/mol. The van der Waals surface area contributed by atoms with E-state index in [-0.39, 0.29) is 22.8 Å². The van der Waals surface area contributed by atoms with Crippen LogP contribution in [0.25, 0.3) is 0 Å². The van der Waals surface area contributed by atoms with E-state index in [0.717, 1.165) is 19.3 Å². The molecule has 0 radical (unpaired) electrons. The van der Waals surface area contributed by atoms with Crippen LogP contribution < -0.4 is 0 Å². The number of carboxylic acid groups (broad SMARTS) is 1. The zero-order chi connectivity index (χ0) is 13.6. The Hall–Kier alpha value is -1.49. The Morgan fingerprint density at radius 2 is 2.16 bits per heavy atom. The lowest BCUT2D eigenvalue weighted by molar-refractivity contribution is -0.142. The minimum atomic E-state index is -0.930. The van der Waals surface area contributed by atoms with Gasteiger partial charge >= 0.3 is 5.97 Å². The number of carbonyl (C=O) groups excluding carboxylic acids is 1. The van der Waals surface area contributed by atoms with Crippen LogP contribution in [0.1, 0.15) is 29.8 Å². The first-order chi connectivity index (χ1) is 9.08. The van der Waals surface area contributed by atoms with Crippen LogP contribution in [0.3, 0.4) is 0 Å². The number of nitrogens with zero attached hydrogens (tertiary/aromatic N) is 1. The Morgan fingerprint density at radius 3 is 2.79 bits per heavy atom. The van der Waals surface area contributed by atoms with E-state index in [1.165, 1.54) is 17.0 Å². The van der Waals surface area contributed by atoms with Crippen molar-refractivity contribution in [3.8, 4) is 0 Å². The number of hydrogen-bond acceptors (Lipinski definition) is 3. The largest absolute Gasteiger partial charge is 0.480 e. The highest BCUT2D eigenvalue weighted by Crippen LogP contribution is 2.42. The molecule has 1 amide bonds. The number of furan rings is 1. The summed E-state index contributed by atoms with van der Waals surface area (Å²) in [7, 11) is 0. The summed E-state index contributed by atoms with van der Waals surface area (Å²) in [5, 5.41) is 9.52. The summed E-state index contributed by atoms with van der Waals surface area (Å²) in [4.78, 5) is 25.2. The standard InChI is InChI=1S/C13H14ClNO4/c14-10-5-4-9(19-10)12(16)15-6-7-2-1-3-8(7)11(15)13(17)18/h4-5,7-8,11H,1-3,6H2,(H,17,18). The molecule has 1 N–H and O–H groups in total. The first kappa shape index (κ1) is 12.5. The molecule has 1 aliphatic carbocycles. The lowest BCUT2D eigenvalue weighted by atomic mass is 9.94. The second kappa shape index (κ2) is 4.56. The molecule has 1 saturated carbocycles. The second-order valence-electron chi connectivity index (χ2n) is 5.20. The highest BCUT2D eigenvalue weighted by atomic mass is 35.5. The Morgan fingerprint density at radius 1 is 1.37 bits per heavy atom. The predicted octanol–water partition coefficient (Wildman–Crippen LogP) is 2.26. The van der Waals surface area contributed by atoms with Gasteiger partial charge in [0.05, 0.1) is 0 Å². The molecule has 3 rings (SSSR count). The zero-order valence-electron chi connectivity index (χ0n) is 10.2. The molecule has 2 fully saturated rings. The number of halogens is 1. The fourth-order valence-electron chi connectivity index (χ4n) is 3.40. The first-order valence-corrected chi connectivity index (χ1v) is 6.75. The van der Waals surface area contributed by atoms with Gasteiger partial charge in [0.15, 0.2) is 11.0 Å². The highest BCUT2D eigenvalue weighted by molar-refractivity contribution is 6.29. The minimum Gasteiger partial charge on any atom is -0.480 e. The molecule has 5 nitrogen and oxygen atoms in total. The van der Waals surface area contributed by atoms with E-state index < -0.39 is 12.0 Å². The number of likely N-dealkylation sites (tertiary alicyclic amines) is 1. The molecular formula is C13H14ClNO4. The van der Waals surface area contributed by atoms with Gasteiger partial charge in [-0.2, -0.15) is 0 Å². The van der Waals surface area contributed by atoms with Gasteiger partial charge in [0.25, 0.3) is 5.91 Å². The molecule has 3 atom stereocenters. The summed E-state index contributed by atoms with van der Waals surface area (Å²) in [5.74, 6) is -0.826. The Labute approximate surface area is 115 Å². The van der Waals surface area contributed by atoms with Gasteiger partial charge in [0, 0.05) is 6.54 Å². The van der Waals surface area contributed by atoms with Crippen molar-refractivity contribution in [3.63, 3.8) is 0 Å². The Bertz CT molecular complexity index is 526. The van der Waals surface area contributed by atoms with Gasteiger partial charge in [-0.25, -0.2) is 4.79 Å². The predicted molar refractivity (Wildman–Crippen MR) is 67.0 cm³/mol. The first-order valence-electron chi connectivity index (χ1n) is 6.37. The molecule has 1 aromatic heterocycles. The zero-order valence-corrected chi connectivity index (χ0v) is 11.0. The van der Waals surface area contributed by atoms with Crippen LogP contribution in [-0.2, 0) is 4.79 Å². The van der Waals surface area contributed by atoms with E-state index in [2.05, 4.69) is 0 Å². The van der Waals surface area contributed by atoms with Crippen LogP contribution in [0.15, 0.2) is 16.5 Å². The minimum absolute atomic E-state index is 0.0758. The Balaban J connectivity index is 1.87. The fourth-order valence-corrected chi connectivity index (χ4v) is 3.55. The summed E-state index contributed by atoms with van der Waals surface area (Å²) in [6.45, 7) is 0.499. The van der Waals surface area contributed by atoms with Crippen LogP contribution in [0.4, 0.5) is 0 Å². The number of fused-ring (bicyclic) bond motifs is 1. The second-order valence-corrected chi connectivity index (χ2v) is 5.57. The highest BCUT2D eigenvalue weighted by Gasteiger charge is 2.50. The van der Waals surface area contributed by atoms with Crippen molar-refractivity contribution in [2.45, 2.75) is 25.3 Å². The van der Waals surface area contributed by atoms with Crippen molar-refractivity contribution in [1.82, 2.24) is 4.90 Å². The van der Waals surface area contributed by atoms with Gasteiger partial charge in [-0.15, -0.1) is 0 Å². The molecule has 19 heavy (non-hydrogen) atoms. The summed E-state index contributed by atoms with van der Waals surface area (Å²) in [6.07, 6.45) is 2.93. The van der Waals surface area contributed by atoms with Gasteiger partial charge in [-0.05, 0) is 48.4 Å². The van der Waals surface area contributed by atoms with Crippen molar-refractivity contribution in [2.24, 2.45) is 11.8 Å². The summed E-state index contributed by atoms with van der Waals surface area (Å²) in [5.41, 5.74) is 0. The summed E-state index contributed by atoms with van der Waals surface area (Å²) >= 11 is 5.65. The fraction of sp³-hybridized carbons (Fsp3) is 0.538. The SMILES string of the molecule is O=C(O)C1C2CCCC2CN1C(=O)c1ccc(Cl)o1. The van der Waals surface area contributed by atoms with Crippen molar-refractivity contribution in [3.05, 3.63) is 23.1 Å². The van der Waals surface area contributed by atoms with E-state index in [0.29, 0.717) is 12.5 Å². The lowest BCUT2D eigenvalue weighted by Crippen LogP contribution is -2.43. The molecule has 1 saturated heterocycles. The molecule has 1 aliphatic heterocycles. The molecule has 0 spiro atoms. The third-order valence-corrected chi connectivity index (χ3v) is 4.39. The lowest BCUT2D eigenvalue weighted by Gasteiger charge is -2.23. The number of amides is 1. The molecule has 2 aliphatic rings. The number of rotatable bonds is 2. The van der Waals surface area contributed by atoms with E-state index in [1.54, 1.807) is 0 Å². The molecule has 2 heterocycles. The van der Waals surface area contributed by atoms with E-state index in [9.17, 15) is 14.7 Å². The molecule has 3 unspecified atom stereocenters. The van der Waals surface area contributed by atoms with Crippen LogP contribution in [-0.4, -0.2) is 34.5 Å². The van der Waals surface area contributed by atoms with E-state index in [4.69, 9.17) is 16.0 Å². The quantitative estimate of drug-likeness (QED) is 0.904. The maximum absolute atomic E-state index is 12.3. The van der Waals surface area contributed by atoms with Crippen molar-refractivity contribution in [1.29, 1.82) is 0 Å². The van der Waals surface area contributed by atoms with Gasteiger partial charge < -0.3 is 14.4 Å². The third kappa shape index (κ3) is 2.02. The molecule has 1 aromatic rings. The summed E-state index contributed by atoms with van der Waals surface area (Å²) in [6, 6.07) is 2.24. The van der Waals surface area contributed by atoms with Crippen LogP contribution in [0.5, 0.6) is 0 Å². The third-order valence-electron chi connectivity index (χ3n) is 4.19. The van der Waals surface area contributed by atoms with E-state index in [1.807, 2.05) is 0 Å². The van der Waals surface area contributed by atoms with Crippen LogP contribution in [0, 0.1) is 11.8 Å². The van der Waals surface area contributed by atoms with Gasteiger partial charge in [0.1, 0.15) is 6.04 Å². The molecule has 0 aromatic carbocycles. The summed E-state index contributed by atoms with van der Waals surface area (Å²) < 4.78 is 5.09. The Kier molecular flexibility index (Phi) is 3.01. The van der Waals surface area contributed by atoms with Gasteiger partial charge in [-0.1, -0.05) is 6.42 Å². The average molecular weight is 284 g/mol. The smallest absolute Gasteiger partial charge is 0.326 e. The van der Waals surface area contributed by atoms with Gasteiger partial charge in [-0.3, -0.25) is 4.79 Å². The maximum Gasteiger partial charge on any atom is 0.326 e. The molecule has 102 valence electrons. The van der Waals surface area contributed by atoms with Gasteiger partial charge in [0.2, 0.25) is 0 Å². The van der Waals surface area contributed by atoms with Crippen LogP contribution in [0.2, 0.25) is 5.22 Å². The van der Waals surface area contributed by atoms with Crippen LogP contribution >= 0.6 is 11.6 Å². The molecule has 0 bridgehead atoms. The number of aliphatic carboxylic acids is 1. The van der Waals surface area contributed by atoms with E-state index >= 15 is 0 Å². The maximum atomic E-state index is 12.3. The normalized spacial score (nSPS) is 29.5. The topological polar surface area (TPSA) is 70.8 Å². The number of hydrogen-bond donors (Lipinski definition) is 1. The van der Waals surface area contributed by atoms with Crippen molar-refractivity contribution in [2.75, 3.05) is 6.54 Å². The van der Waals surface area contributed by atoms with Crippen molar-refractivity contribution < 1.29 is 19.1 Å². The number of carbonyl (C=O) groups is 2. The van der Waals surface area contributed by atoms with Crippen molar-refractivity contribution >= 4 is 23.5 Å². The molecule has 6 heteroatoms. The average Bonchev–Trinajstić information content (AvgIpc) is 3.00. The monoisotopic (exact) mass is 283 g/mol.